The third-order valence-corrected chi connectivity index (χ3v) is 3.52. The van der Waals surface area contributed by atoms with Crippen LogP contribution in [-0.2, 0) is 9.59 Å². The lowest BCUT2D eigenvalue weighted by Crippen LogP contribution is -2.53. The first-order valence-corrected chi connectivity index (χ1v) is 6.94. The van der Waals surface area contributed by atoms with Gasteiger partial charge < -0.3 is 15.0 Å². The minimum Gasteiger partial charge on any atom is -0.480 e. The summed E-state index contributed by atoms with van der Waals surface area (Å²) in [6.45, 7) is 2.54. The normalized spacial score (nSPS) is 16.6. The number of hydrogen-bond acceptors (Lipinski definition) is 3. The lowest BCUT2D eigenvalue weighted by atomic mass is 10.2. The van der Waals surface area contributed by atoms with E-state index in [9.17, 15) is 14.0 Å². The highest BCUT2D eigenvalue weighted by Gasteiger charge is 2.26. The van der Waals surface area contributed by atoms with Crippen LogP contribution in [0.1, 0.15) is 6.92 Å². The molecule has 1 aliphatic heterocycles. The van der Waals surface area contributed by atoms with Crippen LogP contribution in [0.25, 0.3) is 0 Å². The van der Waals surface area contributed by atoms with Crippen molar-refractivity contribution >= 4 is 27.7 Å². The van der Waals surface area contributed by atoms with E-state index in [4.69, 9.17) is 4.74 Å². The van der Waals surface area contributed by atoms with E-state index >= 15 is 0 Å². The van der Waals surface area contributed by atoms with Crippen LogP contribution >= 0.6 is 15.9 Å². The molecule has 2 amide bonds. The monoisotopic (exact) mass is 344 g/mol. The largest absolute Gasteiger partial charge is 0.480 e. The van der Waals surface area contributed by atoms with Gasteiger partial charge in [-0.3, -0.25) is 9.59 Å². The zero-order chi connectivity index (χ0) is 14.7. The van der Waals surface area contributed by atoms with E-state index in [1.165, 1.54) is 23.1 Å². The van der Waals surface area contributed by atoms with Gasteiger partial charge in [-0.1, -0.05) is 0 Å². The van der Waals surface area contributed by atoms with E-state index in [-0.39, 0.29) is 18.4 Å². The van der Waals surface area contributed by atoms with E-state index in [0.29, 0.717) is 23.3 Å². The van der Waals surface area contributed by atoms with E-state index in [1.54, 1.807) is 6.92 Å². The summed E-state index contributed by atoms with van der Waals surface area (Å²) < 4.78 is 18.9. The van der Waals surface area contributed by atoms with Gasteiger partial charge in [-0.05, 0) is 41.1 Å². The number of piperazine rings is 1. The van der Waals surface area contributed by atoms with Gasteiger partial charge in [0.2, 0.25) is 5.91 Å². The summed E-state index contributed by atoms with van der Waals surface area (Å²) in [5.41, 5.74) is 0. The second kappa shape index (κ2) is 6.21. The number of halogens is 2. The Bertz CT molecular complexity index is 538. The molecule has 20 heavy (non-hydrogen) atoms. The zero-order valence-corrected chi connectivity index (χ0v) is 12.4. The van der Waals surface area contributed by atoms with E-state index in [0.717, 1.165) is 0 Å². The van der Waals surface area contributed by atoms with Gasteiger partial charge in [0, 0.05) is 13.1 Å². The average Bonchev–Trinajstić information content (AvgIpc) is 2.41. The number of ether oxygens (including phenoxy) is 1. The first-order valence-electron chi connectivity index (χ1n) is 6.14. The predicted molar refractivity (Wildman–Crippen MR) is 73.8 cm³/mol. The molecule has 0 saturated carbocycles. The van der Waals surface area contributed by atoms with Gasteiger partial charge in [0.05, 0.1) is 11.0 Å². The summed E-state index contributed by atoms with van der Waals surface area (Å²) >= 11 is 3.18. The first kappa shape index (κ1) is 14.8. The fourth-order valence-corrected chi connectivity index (χ4v) is 2.34. The van der Waals surface area contributed by atoms with Gasteiger partial charge in [0.25, 0.3) is 5.91 Å². The Morgan fingerprint density at radius 2 is 2.30 bits per heavy atom. The summed E-state index contributed by atoms with van der Waals surface area (Å²) in [6.07, 6.45) is -0.748. The Balaban J connectivity index is 2.01. The number of carbonyl (C=O) groups excluding carboxylic acids is 2. The Morgan fingerprint density at radius 3 is 2.95 bits per heavy atom. The maximum atomic E-state index is 13.0. The van der Waals surface area contributed by atoms with Crippen LogP contribution in [0.3, 0.4) is 0 Å². The smallest absolute Gasteiger partial charge is 0.263 e. The summed E-state index contributed by atoms with van der Waals surface area (Å²) in [6, 6.07) is 3.97. The molecule has 1 saturated heterocycles. The summed E-state index contributed by atoms with van der Waals surface area (Å²) in [5.74, 6) is -0.458. The fraction of sp³-hybridized carbons (Fsp3) is 0.385. The van der Waals surface area contributed by atoms with Crippen LogP contribution in [0.15, 0.2) is 22.7 Å². The van der Waals surface area contributed by atoms with Crippen molar-refractivity contribution in [1.82, 2.24) is 10.2 Å². The molecule has 0 unspecified atom stereocenters. The Kier molecular flexibility index (Phi) is 4.59. The van der Waals surface area contributed by atoms with Crippen LogP contribution in [0.2, 0.25) is 0 Å². The fourth-order valence-electron chi connectivity index (χ4n) is 1.90. The molecule has 0 spiro atoms. The van der Waals surface area contributed by atoms with Crippen LogP contribution in [0.4, 0.5) is 4.39 Å². The van der Waals surface area contributed by atoms with Crippen molar-refractivity contribution in [3.05, 3.63) is 28.5 Å². The standard InChI is InChI=1S/C13H14BrFN2O3/c1-8(13(19)17-5-4-16-12(18)7-17)20-11-3-2-9(15)6-10(11)14/h2-3,6,8H,4-5,7H2,1H3,(H,16,18)/t8-/m1/s1. The molecule has 1 atom stereocenters. The number of carbonyl (C=O) groups is 2. The van der Waals surface area contributed by atoms with Gasteiger partial charge in [-0.2, -0.15) is 0 Å². The third-order valence-electron chi connectivity index (χ3n) is 2.90. The number of nitrogens with zero attached hydrogens (tertiary/aromatic N) is 1. The van der Waals surface area contributed by atoms with Gasteiger partial charge in [0.15, 0.2) is 6.10 Å². The molecule has 1 N–H and O–H groups in total. The lowest BCUT2D eigenvalue weighted by molar-refractivity contribution is -0.143. The molecule has 1 aromatic rings. The Hall–Kier alpha value is -1.63. The van der Waals surface area contributed by atoms with Crippen molar-refractivity contribution in [3.8, 4) is 5.75 Å². The molecule has 0 aliphatic carbocycles. The quantitative estimate of drug-likeness (QED) is 0.899. The Morgan fingerprint density at radius 1 is 1.55 bits per heavy atom. The summed E-state index contributed by atoms with van der Waals surface area (Å²) in [7, 11) is 0. The molecule has 1 aliphatic rings. The summed E-state index contributed by atoms with van der Waals surface area (Å²) in [5, 5.41) is 2.65. The van der Waals surface area contributed by atoms with Gasteiger partial charge in [-0.15, -0.1) is 0 Å². The van der Waals surface area contributed by atoms with Crippen molar-refractivity contribution in [3.63, 3.8) is 0 Å². The molecule has 2 rings (SSSR count). The van der Waals surface area contributed by atoms with Crippen LogP contribution in [0.5, 0.6) is 5.75 Å². The van der Waals surface area contributed by atoms with Crippen molar-refractivity contribution in [2.45, 2.75) is 13.0 Å². The van der Waals surface area contributed by atoms with Gasteiger partial charge >= 0.3 is 0 Å². The number of hydrogen-bond donors (Lipinski definition) is 1. The SMILES string of the molecule is C[C@@H](Oc1ccc(F)cc1Br)C(=O)N1CCNC(=O)C1. The molecule has 1 aromatic carbocycles. The number of rotatable bonds is 3. The molecular weight excluding hydrogens is 331 g/mol. The number of nitrogens with one attached hydrogen (secondary N) is 1. The number of benzene rings is 1. The molecule has 0 aromatic heterocycles. The topological polar surface area (TPSA) is 58.6 Å². The second-order valence-corrected chi connectivity index (χ2v) is 5.30. The molecule has 0 bridgehead atoms. The first-order chi connectivity index (χ1) is 9.47. The highest BCUT2D eigenvalue weighted by molar-refractivity contribution is 9.10. The molecule has 7 heteroatoms. The van der Waals surface area contributed by atoms with Crippen LogP contribution < -0.4 is 10.1 Å². The maximum absolute atomic E-state index is 13.0. The second-order valence-electron chi connectivity index (χ2n) is 4.44. The molecule has 1 fully saturated rings. The van der Waals surface area contributed by atoms with Crippen molar-refractivity contribution in [1.29, 1.82) is 0 Å². The minimum absolute atomic E-state index is 0.0388. The predicted octanol–water partition coefficient (Wildman–Crippen LogP) is 1.31. The van der Waals surface area contributed by atoms with E-state index in [1.807, 2.05) is 0 Å². The molecule has 1 heterocycles. The zero-order valence-electron chi connectivity index (χ0n) is 10.9. The highest BCUT2D eigenvalue weighted by atomic mass is 79.9. The summed E-state index contributed by atoms with van der Waals surface area (Å²) in [4.78, 5) is 24.9. The highest BCUT2D eigenvalue weighted by Crippen LogP contribution is 2.26. The van der Waals surface area contributed by atoms with Crippen LogP contribution in [-0.4, -0.2) is 42.5 Å². The van der Waals surface area contributed by atoms with Crippen molar-refractivity contribution in [2.24, 2.45) is 0 Å². The third kappa shape index (κ3) is 3.47. The van der Waals surface area contributed by atoms with Crippen molar-refractivity contribution < 1.29 is 18.7 Å². The average molecular weight is 345 g/mol. The van der Waals surface area contributed by atoms with E-state index < -0.39 is 11.9 Å². The maximum Gasteiger partial charge on any atom is 0.263 e. The lowest BCUT2D eigenvalue weighted by Gasteiger charge is -2.29. The molecular formula is C13H14BrFN2O3. The molecule has 108 valence electrons. The van der Waals surface area contributed by atoms with Gasteiger partial charge in [-0.25, -0.2) is 4.39 Å². The molecule has 0 radical (unpaired) electrons. The van der Waals surface area contributed by atoms with E-state index in [2.05, 4.69) is 21.2 Å². The van der Waals surface area contributed by atoms with Gasteiger partial charge in [0.1, 0.15) is 11.6 Å². The minimum atomic E-state index is -0.748. The van der Waals surface area contributed by atoms with Crippen LogP contribution in [0, 0.1) is 5.82 Å². The van der Waals surface area contributed by atoms with Crippen molar-refractivity contribution in [2.75, 3.05) is 19.6 Å². The molecule has 5 nitrogen and oxygen atoms in total. The number of amides is 2. The Labute approximate surface area is 124 Å².